The van der Waals surface area contributed by atoms with Crippen LogP contribution in [0.25, 0.3) is 0 Å². The maximum Gasteiger partial charge on any atom is 0.343 e. The molecule has 0 aliphatic rings. The minimum absolute atomic E-state index is 0.364. The van der Waals surface area contributed by atoms with Crippen molar-refractivity contribution in [2.75, 3.05) is 0 Å². The molecule has 0 N–H and O–H groups in total. The van der Waals surface area contributed by atoms with Gasteiger partial charge >= 0.3 is 5.97 Å². The second kappa shape index (κ2) is 4.77. The van der Waals surface area contributed by atoms with E-state index in [4.69, 9.17) is 4.74 Å². The Balaban J connectivity index is 2.19. The van der Waals surface area contributed by atoms with Crippen molar-refractivity contribution in [1.29, 1.82) is 0 Å². The van der Waals surface area contributed by atoms with E-state index in [1.807, 2.05) is 24.3 Å². The van der Waals surface area contributed by atoms with Crippen LogP contribution in [0.4, 0.5) is 0 Å². The molecule has 2 aromatic carbocycles. The Morgan fingerprint density at radius 2 is 1.56 bits per heavy atom. The molecule has 3 radical (unpaired) electrons. The highest BCUT2D eigenvalue weighted by Crippen LogP contribution is 2.10. The van der Waals surface area contributed by atoms with Gasteiger partial charge in [0.2, 0.25) is 0 Å². The summed E-state index contributed by atoms with van der Waals surface area (Å²) in [6, 6.07) is 16.2. The number of ether oxygens (including phenoxy) is 1. The lowest BCUT2D eigenvalue weighted by atomic mass is 10.2. The predicted octanol–water partition coefficient (Wildman–Crippen LogP) is 1.70. The first kappa shape index (κ1) is 10.6. The summed E-state index contributed by atoms with van der Waals surface area (Å²) in [4.78, 5) is 11.8. The second-order valence-electron chi connectivity index (χ2n) is 3.25. The van der Waals surface area contributed by atoms with Crippen molar-refractivity contribution >= 4 is 21.4 Å². The molecule has 3 heteroatoms. The van der Waals surface area contributed by atoms with Gasteiger partial charge in [0.05, 0.1) is 15.8 Å². The van der Waals surface area contributed by atoms with Gasteiger partial charge in [0.25, 0.3) is 0 Å². The SMILES string of the molecule is O=C(Oc1ccccc1)c1ccccc1[Si]. The topological polar surface area (TPSA) is 26.3 Å². The van der Waals surface area contributed by atoms with Crippen molar-refractivity contribution in [2.45, 2.75) is 0 Å². The zero-order valence-corrected chi connectivity index (χ0v) is 9.51. The summed E-state index contributed by atoms with van der Waals surface area (Å²) < 4.78 is 5.21. The molecule has 16 heavy (non-hydrogen) atoms. The van der Waals surface area contributed by atoms with E-state index in [0.29, 0.717) is 11.3 Å². The Bertz CT molecular complexity index is 494. The maximum atomic E-state index is 11.8. The molecule has 0 amide bonds. The number of hydrogen-bond donors (Lipinski definition) is 0. The standard InChI is InChI=1S/C13H9O2Si/c14-13(11-8-4-5-9-12(11)16)15-10-6-2-1-3-7-10/h1-9H. The van der Waals surface area contributed by atoms with E-state index < -0.39 is 0 Å². The van der Waals surface area contributed by atoms with Crippen LogP contribution < -0.4 is 9.92 Å². The molecule has 2 nitrogen and oxygen atoms in total. The van der Waals surface area contributed by atoms with Crippen LogP contribution in [0.5, 0.6) is 5.75 Å². The number of carbonyl (C=O) groups excluding carboxylic acids is 1. The minimum Gasteiger partial charge on any atom is -0.423 e. The van der Waals surface area contributed by atoms with E-state index in [1.54, 1.807) is 30.3 Å². The first-order chi connectivity index (χ1) is 7.77. The van der Waals surface area contributed by atoms with E-state index in [-0.39, 0.29) is 5.97 Å². The lowest BCUT2D eigenvalue weighted by Gasteiger charge is -2.05. The number of esters is 1. The molecule has 0 bridgehead atoms. The van der Waals surface area contributed by atoms with Crippen LogP contribution in [-0.2, 0) is 0 Å². The molecule has 0 aliphatic heterocycles. The fourth-order valence-electron chi connectivity index (χ4n) is 1.31. The number of benzene rings is 2. The summed E-state index contributed by atoms with van der Waals surface area (Å²) in [6.07, 6.45) is 0. The van der Waals surface area contributed by atoms with Crippen LogP contribution in [0, 0.1) is 0 Å². The van der Waals surface area contributed by atoms with Crippen LogP contribution >= 0.6 is 0 Å². The fourth-order valence-corrected chi connectivity index (χ4v) is 1.59. The van der Waals surface area contributed by atoms with Crippen molar-refractivity contribution in [1.82, 2.24) is 0 Å². The van der Waals surface area contributed by atoms with E-state index in [2.05, 4.69) is 10.2 Å². The molecule has 2 rings (SSSR count). The molecule has 0 aromatic heterocycles. The third-order valence-corrected chi connectivity index (χ3v) is 2.54. The van der Waals surface area contributed by atoms with Crippen LogP contribution in [0.15, 0.2) is 54.6 Å². The monoisotopic (exact) mass is 225 g/mol. The zero-order chi connectivity index (χ0) is 11.4. The number of rotatable bonds is 2. The van der Waals surface area contributed by atoms with Crippen molar-refractivity contribution in [2.24, 2.45) is 0 Å². The van der Waals surface area contributed by atoms with Gasteiger partial charge in [-0.15, -0.1) is 0 Å². The first-order valence-corrected chi connectivity index (χ1v) is 5.35. The Labute approximate surface area is 97.3 Å². The molecule has 0 unspecified atom stereocenters. The highest BCUT2D eigenvalue weighted by Gasteiger charge is 2.09. The third kappa shape index (κ3) is 2.38. The van der Waals surface area contributed by atoms with Crippen LogP contribution in [0.1, 0.15) is 10.4 Å². The third-order valence-electron chi connectivity index (χ3n) is 2.10. The molecule has 0 saturated heterocycles. The molecular weight excluding hydrogens is 216 g/mol. The molecule has 0 spiro atoms. The van der Waals surface area contributed by atoms with E-state index >= 15 is 0 Å². The molecule has 0 aliphatic carbocycles. The molecule has 0 saturated carbocycles. The summed E-state index contributed by atoms with van der Waals surface area (Å²) >= 11 is 0. The number of para-hydroxylation sites is 1. The van der Waals surface area contributed by atoms with Gasteiger partial charge in [0, 0.05) is 0 Å². The van der Waals surface area contributed by atoms with Gasteiger partial charge in [-0.1, -0.05) is 41.6 Å². The summed E-state index contributed by atoms with van der Waals surface area (Å²) in [7, 11) is 3.36. The van der Waals surface area contributed by atoms with Gasteiger partial charge < -0.3 is 4.74 Å². The maximum absolute atomic E-state index is 11.8. The molecule has 0 fully saturated rings. The van der Waals surface area contributed by atoms with Crippen LogP contribution in [0.3, 0.4) is 0 Å². The van der Waals surface area contributed by atoms with Crippen molar-refractivity contribution in [3.05, 3.63) is 60.2 Å². The Morgan fingerprint density at radius 3 is 2.25 bits per heavy atom. The van der Waals surface area contributed by atoms with E-state index in [1.165, 1.54) is 0 Å². The molecule has 77 valence electrons. The Kier molecular flexibility index (Phi) is 3.17. The summed E-state index contributed by atoms with van der Waals surface area (Å²) in [5, 5.41) is 0.725. The second-order valence-corrected chi connectivity index (χ2v) is 3.79. The summed E-state index contributed by atoms with van der Waals surface area (Å²) in [5.74, 6) is 0.180. The van der Waals surface area contributed by atoms with E-state index in [9.17, 15) is 4.79 Å². The first-order valence-electron chi connectivity index (χ1n) is 4.85. The summed E-state index contributed by atoms with van der Waals surface area (Å²) in [6.45, 7) is 0. The highest BCUT2D eigenvalue weighted by molar-refractivity contribution is 6.36. The quantitative estimate of drug-likeness (QED) is 0.442. The average molecular weight is 225 g/mol. The zero-order valence-electron chi connectivity index (χ0n) is 8.51. The molecular formula is C13H9O2Si. The van der Waals surface area contributed by atoms with Crippen molar-refractivity contribution in [3.8, 4) is 5.75 Å². The fraction of sp³-hybridized carbons (Fsp3) is 0. The largest absolute Gasteiger partial charge is 0.423 e. The lowest BCUT2D eigenvalue weighted by molar-refractivity contribution is 0.0736. The average Bonchev–Trinajstić information content (AvgIpc) is 2.31. The van der Waals surface area contributed by atoms with Crippen molar-refractivity contribution in [3.63, 3.8) is 0 Å². The highest BCUT2D eigenvalue weighted by atomic mass is 28.1. The summed E-state index contributed by atoms with van der Waals surface area (Å²) in [5.41, 5.74) is 0.517. The van der Waals surface area contributed by atoms with Gasteiger partial charge in [0.15, 0.2) is 0 Å². The normalized spacial score (nSPS) is 9.81. The Morgan fingerprint density at radius 1 is 0.938 bits per heavy atom. The molecule has 0 heterocycles. The van der Waals surface area contributed by atoms with Gasteiger partial charge in [-0.25, -0.2) is 4.79 Å². The van der Waals surface area contributed by atoms with Crippen molar-refractivity contribution < 1.29 is 9.53 Å². The smallest absolute Gasteiger partial charge is 0.343 e. The number of hydrogen-bond acceptors (Lipinski definition) is 2. The van der Waals surface area contributed by atoms with Gasteiger partial charge in [-0.05, 0) is 18.2 Å². The molecule has 0 atom stereocenters. The predicted molar refractivity (Wildman–Crippen MR) is 63.2 cm³/mol. The minimum atomic E-state index is -0.364. The molecule has 2 aromatic rings. The van der Waals surface area contributed by atoms with Gasteiger partial charge in [-0.2, -0.15) is 0 Å². The van der Waals surface area contributed by atoms with Crippen LogP contribution in [0.2, 0.25) is 0 Å². The Hall–Kier alpha value is -1.87. The lowest BCUT2D eigenvalue weighted by Crippen LogP contribution is -2.19. The number of carbonyl (C=O) groups is 1. The van der Waals surface area contributed by atoms with Crippen LogP contribution in [-0.4, -0.2) is 16.2 Å². The van der Waals surface area contributed by atoms with Gasteiger partial charge in [0.1, 0.15) is 5.75 Å². The van der Waals surface area contributed by atoms with E-state index in [0.717, 1.165) is 5.19 Å². The van der Waals surface area contributed by atoms with Gasteiger partial charge in [-0.3, -0.25) is 0 Å².